The number of sulfonamides is 1. The minimum Gasteiger partial charge on any atom is -0.486 e. The van der Waals surface area contributed by atoms with Gasteiger partial charge in [0.25, 0.3) is 0 Å². The lowest BCUT2D eigenvalue weighted by Crippen LogP contribution is -2.32. The number of hydrogen-bond acceptors (Lipinski definition) is 5. The molecular weight excluding hydrogens is 380 g/mol. The summed E-state index contributed by atoms with van der Waals surface area (Å²) in [6.07, 6.45) is 0. The van der Waals surface area contributed by atoms with Crippen LogP contribution in [0, 0.1) is 5.92 Å². The van der Waals surface area contributed by atoms with Crippen LogP contribution in [0.2, 0.25) is 0 Å². The molecule has 0 aromatic heterocycles. The molecular formula is C20H24N2O5S. The zero-order valence-corrected chi connectivity index (χ0v) is 16.9. The largest absolute Gasteiger partial charge is 0.486 e. The second kappa shape index (κ2) is 8.20. The van der Waals surface area contributed by atoms with Crippen molar-refractivity contribution in [3.05, 3.63) is 48.0 Å². The van der Waals surface area contributed by atoms with Crippen molar-refractivity contribution in [3.8, 4) is 11.5 Å². The fraction of sp³-hybridized carbons (Fsp3) is 0.350. The molecule has 2 N–H and O–H groups in total. The Bertz CT molecular complexity index is 955. The van der Waals surface area contributed by atoms with Crippen LogP contribution in [0.15, 0.2) is 47.4 Å². The first-order valence-electron chi connectivity index (χ1n) is 9.06. The molecule has 7 nitrogen and oxygen atoms in total. The van der Waals surface area contributed by atoms with Gasteiger partial charge in [0.1, 0.15) is 13.2 Å². The molecule has 150 valence electrons. The van der Waals surface area contributed by atoms with E-state index in [9.17, 15) is 13.2 Å². The summed E-state index contributed by atoms with van der Waals surface area (Å²) in [6.45, 7) is 6.26. The van der Waals surface area contributed by atoms with Gasteiger partial charge in [-0.2, -0.15) is 0 Å². The van der Waals surface area contributed by atoms with Crippen LogP contribution in [0.25, 0.3) is 0 Å². The lowest BCUT2D eigenvalue weighted by Gasteiger charge is -2.25. The Balaban J connectivity index is 1.84. The summed E-state index contributed by atoms with van der Waals surface area (Å²) in [6, 6.07) is 11.1. The fourth-order valence-electron chi connectivity index (χ4n) is 3.00. The van der Waals surface area contributed by atoms with Gasteiger partial charge >= 0.3 is 0 Å². The van der Waals surface area contributed by atoms with E-state index >= 15 is 0 Å². The third kappa shape index (κ3) is 4.63. The van der Waals surface area contributed by atoms with E-state index in [1.54, 1.807) is 18.2 Å². The Morgan fingerprint density at radius 1 is 1.00 bits per heavy atom. The van der Waals surface area contributed by atoms with Gasteiger partial charge in [-0.15, -0.1) is 0 Å². The van der Waals surface area contributed by atoms with Gasteiger partial charge in [0, 0.05) is 18.7 Å². The van der Waals surface area contributed by atoms with Gasteiger partial charge in [-0.1, -0.05) is 19.9 Å². The van der Waals surface area contributed by atoms with Crippen LogP contribution in [0.1, 0.15) is 32.4 Å². The molecule has 1 aliphatic heterocycles. The molecule has 2 aromatic rings. The van der Waals surface area contributed by atoms with Gasteiger partial charge in [-0.3, -0.25) is 4.79 Å². The Morgan fingerprint density at radius 2 is 1.64 bits per heavy atom. The normalized spacial score (nSPS) is 14.6. The van der Waals surface area contributed by atoms with Crippen LogP contribution in [0.5, 0.6) is 11.5 Å². The zero-order chi connectivity index (χ0) is 20.3. The number of carbonyl (C=O) groups excluding carboxylic acids is 1. The maximum absolute atomic E-state index is 12.9. The molecule has 0 saturated heterocycles. The molecule has 1 atom stereocenters. The highest BCUT2D eigenvalue weighted by atomic mass is 32.2. The van der Waals surface area contributed by atoms with Crippen LogP contribution in [-0.2, 0) is 14.8 Å². The highest BCUT2D eigenvalue weighted by Gasteiger charge is 2.25. The molecule has 1 aliphatic rings. The van der Waals surface area contributed by atoms with Crippen LogP contribution < -0.4 is 19.5 Å². The van der Waals surface area contributed by atoms with Crippen LogP contribution in [0.3, 0.4) is 0 Å². The molecule has 0 radical (unpaired) electrons. The first kappa shape index (κ1) is 20.2. The Morgan fingerprint density at radius 3 is 2.25 bits per heavy atom. The summed E-state index contributed by atoms with van der Waals surface area (Å²) < 4.78 is 39.7. The number of carbonyl (C=O) groups is 1. The average molecular weight is 404 g/mol. The van der Waals surface area contributed by atoms with Crippen molar-refractivity contribution in [1.82, 2.24) is 4.72 Å². The quantitative estimate of drug-likeness (QED) is 0.772. The molecule has 2 aromatic carbocycles. The minimum atomic E-state index is -3.75. The number of amides is 1. The Kier molecular flexibility index (Phi) is 5.90. The monoisotopic (exact) mass is 404 g/mol. The smallest absolute Gasteiger partial charge is 0.241 e. The van der Waals surface area contributed by atoms with Crippen molar-refractivity contribution in [3.63, 3.8) is 0 Å². The highest BCUT2D eigenvalue weighted by Crippen LogP contribution is 2.35. The van der Waals surface area contributed by atoms with E-state index in [0.29, 0.717) is 30.4 Å². The Labute approximate surface area is 165 Å². The Hall–Kier alpha value is -2.58. The standard InChI is InChI=1S/C20H24N2O5S/c1-13(2)20(15-4-9-18-19(12-15)27-11-10-26-18)22-28(24,25)17-7-5-16(6-8-17)21-14(3)23/h4-9,12-13,20,22H,10-11H2,1-3H3,(H,21,23)/t20-/m1/s1. The third-order valence-corrected chi connectivity index (χ3v) is 5.82. The summed E-state index contributed by atoms with van der Waals surface area (Å²) in [7, 11) is -3.75. The lowest BCUT2D eigenvalue weighted by molar-refractivity contribution is -0.114. The van der Waals surface area contributed by atoms with E-state index in [1.807, 2.05) is 26.0 Å². The maximum Gasteiger partial charge on any atom is 0.241 e. The van der Waals surface area contributed by atoms with Gasteiger partial charge in [0.15, 0.2) is 11.5 Å². The van der Waals surface area contributed by atoms with E-state index in [4.69, 9.17) is 9.47 Å². The van der Waals surface area contributed by atoms with Crippen molar-refractivity contribution in [1.29, 1.82) is 0 Å². The molecule has 3 rings (SSSR count). The summed E-state index contributed by atoms with van der Waals surface area (Å²) in [5.74, 6) is 1.07. The molecule has 28 heavy (non-hydrogen) atoms. The van der Waals surface area contributed by atoms with E-state index < -0.39 is 16.1 Å². The third-order valence-electron chi connectivity index (χ3n) is 4.36. The van der Waals surface area contributed by atoms with E-state index in [1.165, 1.54) is 19.1 Å². The predicted octanol–water partition coefficient (Wildman–Crippen LogP) is 3.09. The molecule has 0 fully saturated rings. The molecule has 1 amide bonds. The van der Waals surface area contributed by atoms with E-state index in [-0.39, 0.29) is 16.7 Å². The van der Waals surface area contributed by atoms with Crippen molar-refractivity contribution in [2.45, 2.75) is 31.7 Å². The minimum absolute atomic E-state index is 0.0102. The number of nitrogens with one attached hydrogen (secondary N) is 2. The molecule has 0 aliphatic carbocycles. The van der Waals surface area contributed by atoms with Crippen molar-refractivity contribution in [2.75, 3.05) is 18.5 Å². The predicted molar refractivity (Wildman–Crippen MR) is 106 cm³/mol. The summed E-state index contributed by atoms with van der Waals surface area (Å²) >= 11 is 0. The first-order chi connectivity index (χ1) is 13.3. The molecule has 0 saturated carbocycles. The fourth-order valence-corrected chi connectivity index (χ4v) is 4.37. The topological polar surface area (TPSA) is 93.7 Å². The van der Waals surface area contributed by atoms with Crippen molar-refractivity contribution in [2.24, 2.45) is 5.92 Å². The van der Waals surface area contributed by atoms with Gasteiger partial charge in [-0.25, -0.2) is 13.1 Å². The zero-order valence-electron chi connectivity index (χ0n) is 16.1. The molecule has 8 heteroatoms. The highest BCUT2D eigenvalue weighted by molar-refractivity contribution is 7.89. The van der Waals surface area contributed by atoms with Gasteiger partial charge in [-0.05, 0) is 47.9 Å². The molecule has 0 bridgehead atoms. The SMILES string of the molecule is CC(=O)Nc1ccc(S(=O)(=O)N[C@@H](c2ccc3c(c2)OCCO3)C(C)C)cc1. The average Bonchev–Trinajstić information content (AvgIpc) is 2.65. The number of benzene rings is 2. The number of rotatable bonds is 6. The lowest BCUT2D eigenvalue weighted by atomic mass is 9.97. The van der Waals surface area contributed by atoms with Gasteiger partial charge < -0.3 is 14.8 Å². The molecule has 1 heterocycles. The van der Waals surface area contributed by atoms with Crippen LogP contribution in [0.4, 0.5) is 5.69 Å². The maximum atomic E-state index is 12.9. The van der Waals surface area contributed by atoms with E-state index in [2.05, 4.69) is 10.0 Å². The molecule has 0 spiro atoms. The van der Waals surface area contributed by atoms with Crippen LogP contribution in [-0.4, -0.2) is 27.5 Å². The number of anilines is 1. The second-order valence-electron chi connectivity index (χ2n) is 6.95. The number of hydrogen-bond donors (Lipinski definition) is 2. The van der Waals surface area contributed by atoms with Gasteiger partial charge in [0.05, 0.1) is 4.90 Å². The van der Waals surface area contributed by atoms with Crippen molar-refractivity contribution < 1.29 is 22.7 Å². The summed E-state index contributed by atoms with van der Waals surface area (Å²) in [5, 5.41) is 2.62. The first-order valence-corrected chi connectivity index (χ1v) is 10.5. The summed E-state index contributed by atoms with van der Waals surface area (Å²) in [5.41, 5.74) is 1.34. The van der Waals surface area contributed by atoms with E-state index in [0.717, 1.165) is 5.56 Å². The molecule has 0 unspecified atom stereocenters. The number of fused-ring (bicyclic) bond motifs is 1. The second-order valence-corrected chi connectivity index (χ2v) is 8.67. The van der Waals surface area contributed by atoms with Crippen LogP contribution >= 0.6 is 0 Å². The van der Waals surface area contributed by atoms with Crippen molar-refractivity contribution >= 4 is 21.6 Å². The number of ether oxygens (including phenoxy) is 2. The van der Waals surface area contributed by atoms with Gasteiger partial charge in [0.2, 0.25) is 15.9 Å². The summed E-state index contributed by atoms with van der Waals surface area (Å²) in [4.78, 5) is 11.2.